The van der Waals surface area contributed by atoms with E-state index in [1.54, 1.807) is 36.5 Å². The van der Waals surface area contributed by atoms with Crippen LogP contribution in [0.2, 0.25) is 0 Å². The summed E-state index contributed by atoms with van der Waals surface area (Å²) in [6, 6.07) is 7.48. The predicted molar refractivity (Wildman–Crippen MR) is 148 cm³/mol. The summed E-state index contributed by atoms with van der Waals surface area (Å²) in [5.74, 6) is -1.63. The van der Waals surface area contributed by atoms with Crippen LogP contribution >= 0.6 is 0 Å². The number of aromatic nitrogens is 6. The molecule has 1 aliphatic rings. The highest BCUT2D eigenvalue weighted by Crippen LogP contribution is 2.43. The first-order valence-electron chi connectivity index (χ1n) is 13.0. The zero-order valence-corrected chi connectivity index (χ0v) is 22.9. The highest BCUT2D eigenvalue weighted by Gasteiger charge is 2.46. The number of nitrogens with zero attached hydrogens (tertiary/aromatic N) is 8. The Morgan fingerprint density at radius 2 is 2.00 bits per heavy atom. The molecule has 6 rings (SSSR count). The normalized spacial score (nSPS) is 16.7. The van der Waals surface area contributed by atoms with Gasteiger partial charge in [0.25, 0.3) is 17.6 Å². The molecular weight excluding hydrogens is 548 g/mol. The third-order valence-corrected chi connectivity index (χ3v) is 6.92. The number of piperidine rings is 1. The molecule has 5 heterocycles. The number of rotatable bonds is 7. The van der Waals surface area contributed by atoms with Crippen molar-refractivity contribution in [3.8, 4) is 29.2 Å². The molecule has 1 fully saturated rings. The molecule has 5 aromatic rings. The molecule has 1 aromatic carbocycles. The number of benzene rings is 1. The zero-order valence-electron chi connectivity index (χ0n) is 22.9. The molecular formula is C28H25F2N9O3. The summed E-state index contributed by atoms with van der Waals surface area (Å²) in [6.07, 6.45) is 6.13. The Kier molecular flexibility index (Phi) is 6.87. The van der Waals surface area contributed by atoms with Crippen molar-refractivity contribution in [1.82, 2.24) is 34.4 Å². The maximum atomic E-state index is 15.0. The predicted octanol–water partition coefficient (Wildman–Crippen LogP) is 4.51. The lowest BCUT2D eigenvalue weighted by Gasteiger charge is -2.36. The average molecular weight is 574 g/mol. The number of anilines is 2. The van der Waals surface area contributed by atoms with E-state index in [2.05, 4.69) is 36.4 Å². The van der Waals surface area contributed by atoms with Gasteiger partial charge in [-0.2, -0.15) is 15.3 Å². The van der Waals surface area contributed by atoms with Gasteiger partial charge in [-0.05, 0) is 37.7 Å². The van der Waals surface area contributed by atoms with Gasteiger partial charge in [-0.1, -0.05) is 0 Å². The molecule has 1 atom stereocenters. The highest BCUT2D eigenvalue weighted by atomic mass is 19.3. The van der Waals surface area contributed by atoms with E-state index < -0.39 is 18.6 Å². The summed E-state index contributed by atoms with van der Waals surface area (Å²) in [6.45, 7) is 1.85. The summed E-state index contributed by atoms with van der Waals surface area (Å²) >= 11 is 0. The van der Waals surface area contributed by atoms with Crippen LogP contribution in [0.15, 0.2) is 49.3 Å². The van der Waals surface area contributed by atoms with E-state index in [9.17, 15) is 14.0 Å². The molecule has 0 aliphatic carbocycles. The maximum absolute atomic E-state index is 15.0. The molecule has 1 N–H and O–H groups in total. The fourth-order valence-electron chi connectivity index (χ4n) is 4.85. The summed E-state index contributed by atoms with van der Waals surface area (Å²) in [7, 11) is 3.01. The van der Waals surface area contributed by atoms with Crippen LogP contribution in [-0.4, -0.2) is 73.7 Å². The smallest absolute Gasteiger partial charge is 0.296 e. The minimum absolute atomic E-state index is 0.00931. The molecule has 0 radical (unpaired) electrons. The number of likely N-dealkylation sites (tertiary alicyclic amines) is 1. The van der Waals surface area contributed by atoms with Gasteiger partial charge >= 0.3 is 0 Å². The van der Waals surface area contributed by atoms with Gasteiger partial charge < -0.3 is 24.4 Å². The lowest BCUT2D eigenvalue weighted by atomic mass is 10.0. The Labute approximate surface area is 238 Å². The molecule has 4 aromatic heterocycles. The van der Waals surface area contributed by atoms with E-state index in [-0.39, 0.29) is 23.6 Å². The largest absolute Gasteiger partial charge is 0.478 e. The number of nitrogens with one attached hydrogen (secondary N) is 1. The molecule has 214 valence electrons. The summed E-state index contributed by atoms with van der Waals surface area (Å²) in [5, 5.41) is 17.6. The number of alkyl halides is 2. The molecule has 14 heteroatoms. The monoisotopic (exact) mass is 573 g/mol. The van der Waals surface area contributed by atoms with Gasteiger partial charge in [0.05, 0.1) is 54.4 Å². The molecule has 0 saturated carbocycles. The molecule has 0 amide bonds. The van der Waals surface area contributed by atoms with Gasteiger partial charge in [0.1, 0.15) is 18.1 Å². The first-order valence-corrected chi connectivity index (χ1v) is 13.0. The second-order valence-corrected chi connectivity index (χ2v) is 9.91. The van der Waals surface area contributed by atoms with E-state index in [4.69, 9.17) is 14.2 Å². The molecule has 42 heavy (non-hydrogen) atoms. The Hall–Kier alpha value is -5.16. The Bertz CT molecular complexity index is 1840. The van der Waals surface area contributed by atoms with Crippen molar-refractivity contribution < 1.29 is 23.0 Å². The summed E-state index contributed by atoms with van der Waals surface area (Å²) < 4.78 is 48.9. The lowest BCUT2D eigenvalue weighted by molar-refractivity contribution is -0.135. The van der Waals surface area contributed by atoms with E-state index >= 15 is 0 Å². The van der Waals surface area contributed by atoms with Crippen molar-refractivity contribution in [3.05, 3.63) is 60.4 Å². The van der Waals surface area contributed by atoms with Crippen LogP contribution in [0.25, 0.3) is 16.7 Å². The molecule has 1 saturated heterocycles. The van der Waals surface area contributed by atoms with Crippen molar-refractivity contribution in [3.63, 3.8) is 0 Å². The summed E-state index contributed by atoms with van der Waals surface area (Å²) in [5.41, 5.74) is 2.23. The van der Waals surface area contributed by atoms with E-state index in [1.165, 1.54) is 30.3 Å². The van der Waals surface area contributed by atoms with Gasteiger partial charge in [0.2, 0.25) is 0 Å². The van der Waals surface area contributed by atoms with Crippen LogP contribution in [0, 0.1) is 18.3 Å². The minimum Gasteiger partial charge on any atom is -0.478 e. The van der Waals surface area contributed by atoms with Crippen LogP contribution < -0.4 is 19.5 Å². The van der Waals surface area contributed by atoms with Crippen LogP contribution in [-0.2, 0) is 0 Å². The first kappa shape index (κ1) is 27.0. The maximum Gasteiger partial charge on any atom is 0.296 e. The van der Waals surface area contributed by atoms with E-state index in [0.717, 1.165) is 5.56 Å². The number of ether oxygens (including phenoxy) is 3. The second-order valence-electron chi connectivity index (χ2n) is 9.91. The second kappa shape index (κ2) is 10.7. The van der Waals surface area contributed by atoms with Crippen LogP contribution in [0.1, 0.15) is 17.5 Å². The third kappa shape index (κ3) is 5.06. The molecule has 0 unspecified atom stereocenters. The van der Waals surface area contributed by atoms with Crippen LogP contribution in [0.4, 0.5) is 20.2 Å². The van der Waals surface area contributed by atoms with Crippen molar-refractivity contribution in [2.75, 3.05) is 32.6 Å². The van der Waals surface area contributed by atoms with Crippen molar-refractivity contribution >= 4 is 28.1 Å². The van der Waals surface area contributed by atoms with Gasteiger partial charge in [-0.15, -0.1) is 0 Å². The van der Waals surface area contributed by atoms with Crippen LogP contribution in [0.3, 0.4) is 0 Å². The number of hydrogen-bond donors (Lipinski definition) is 1. The fraction of sp³-hybridized carbons (Fsp3) is 0.286. The number of methoxy groups -OCH3 is 1. The Morgan fingerprint density at radius 1 is 1.14 bits per heavy atom. The van der Waals surface area contributed by atoms with Gasteiger partial charge in [0.15, 0.2) is 17.6 Å². The van der Waals surface area contributed by atoms with Gasteiger partial charge in [0, 0.05) is 24.8 Å². The SMILES string of the molecule is COc1ncc2ncc(C#N)c(Nc3ccc(Oc4cnc5ncnn5c4)c(C)c3)c2c1O[C@H]1CCN(C)CC1(F)F. The average Bonchev–Trinajstić information content (AvgIpc) is 3.44. The quantitative estimate of drug-likeness (QED) is 0.295. The molecule has 1 aliphatic heterocycles. The third-order valence-electron chi connectivity index (χ3n) is 6.92. The lowest BCUT2D eigenvalue weighted by Crippen LogP contribution is -2.52. The minimum atomic E-state index is -3.12. The van der Waals surface area contributed by atoms with E-state index in [1.807, 2.05) is 13.0 Å². The molecule has 12 nitrogen and oxygen atoms in total. The van der Waals surface area contributed by atoms with Crippen molar-refractivity contribution in [1.29, 1.82) is 5.26 Å². The number of hydrogen-bond acceptors (Lipinski definition) is 11. The highest BCUT2D eigenvalue weighted by molar-refractivity contribution is 6.01. The number of halogens is 2. The number of fused-ring (bicyclic) bond motifs is 2. The van der Waals surface area contributed by atoms with Gasteiger partial charge in [-0.25, -0.2) is 23.3 Å². The molecule has 0 spiro atoms. The van der Waals surface area contributed by atoms with E-state index in [0.29, 0.717) is 46.1 Å². The number of aryl methyl sites for hydroxylation is 1. The standard InChI is InChI=1S/C28H25F2N9O3/c1-16-8-18(4-5-21(16)41-19-11-34-27-35-15-36-39(27)13-19)37-24-17(9-31)10-32-20-12-33-26(40-3)25(23(20)24)42-22-6-7-38(2)14-28(22,29)30/h4-5,8,10-13,15,22H,6-7,14H2,1-3H3,(H,32,37)/t22-/m0/s1. The van der Waals surface area contributed by atoms with Crippen LogP contribution in [0.5, 0.6) is 23.1 Å². The summed E-state index contributed by atoms with van der Waals surface area (Å²) in [4.78, 5) is 18.3. The number of pyridine rings is 2. The topological polar surface area (TPSA) is 136 Å². The fourth-order valence-corrected chi connectivity index (χ4v) is 4.85. The zero-order chi connectivity index (χ0) is 29.4. The Morgan fingerprint density at radius 3 is 2.76 bits per heavy atom. The van der Waals surface area contributed by atoms with Crippen molar-refractivity contribution in [2.45, 2.75) is 25.4 Å². The Balaban J connectivity index is 1.37. The van der Waals surface area contributed by atoms with Crippen molar-refractivity contribution in [2.24, 2.45) is 0 Å². The first-order chi connectivity index (χ1) is 20.3. The number of nitriles is 1. The van der Waals surface area contributed by atoms with Gasteiger partial charge in [-0.3, -0.25) is 4.98 Å². The molecule has 0 bridgehead atoms.